The van der Waals surface area contributed by atoms with Crippen LogP contribution in [0, 0.1) is 11.8 Å². The van der Waals surface area contributed by atoms with Gasteiger partial charge in [-0.15, -0.1) is 0 Å². The minimum atomic E-state index is -1.75. The number of hydrogen-bond acceptors (Lipinski definition) is 14. The molecule has 0 radical (unpaired) electrons. The number of nitrogens with zero attached hydrogens (tertiary/aromatic N) is 1. The number of hydrogen-bond donors (Lipinski definition) is 17. The number of aromatic hydroxyl groups is 1. The molecule has 0 bridgehead atoms. The molecule has 20 N–H and O–H groups in total. The Bertz CT molecular complexity index is 2990. The standard InChI is InChI=1S/C59H86N16O12/c1-32(2)26-45(70-55(84)47(66-35(6)77)29-37-19-21-39(78)22-20-37)53(82)68-43(23-24-60)52(81)73-49(34(5)76)57(86)71-48(28-36-14-9-8-10-15-36)56(85)74-75-59(87)72-46(27-33(3)4)54(83)67-42(18-13-25-64-58(62)63-7)51(80)69-44(50(61)79)30-38-31-65-41-17-12-11-16-40(38)41/h8-12,14-17,19-22,31-34,42-49,65,76,78H,13,18,23-30,60H2,1-7H3,(H2,61,79)(H,66,77)(H,67,83)(H,68,82)(H,69,80)(H,70,84)(H,71,86)(H,73,81)(H,74,85)(H3,62,63,64)(H2,72,75,87)/t34-,42+,43+,44+,45+,46+,47-,48+,49+/m1/s1. The predicted molar refractivity (Wildman–Crippen MR) is 325 cm³/mol. The van der Waals surface area contributed by atoms with Crippen LogP contribution in [0.1, 0.15) is 90.3 Å². The van der Waals surface area contributed by atoms with Crippen molar-refractivity contribution < 1.29 is 58.2 Å². The zero-order chi connectivity index (χ0) is 64.3. The smallest absolute Gasteiger partial charge is 0.334 e. The number of phenolic OH excluding ortho intramolecular Hbond substituents is 1. The molecule has 28 heteroatoms. The number of carbonyl (C=O) groups excluding carboxylic acids is 10. The van der Waals surface area contributed by atoms with Crippen LogP contribution in [0.3, 0.4) is 0 Å². The monoisotopic (exact) mass is 1210 g/mol. The minimum absolute atomic E-state index is 0.00379. The largest absolute Gasteiger partial charge is 0.508 e. The molecule has 0 fully saturated rings. The van der Waals surface area contributed by atoms with Gasteiger partial charge in [-0.3, -0.25) is 53.6 Å². The highest BCUT2D eigenvalue weighted by molar-refractivity contribution is 5.98. The fourth-order valence-electron chi connectivity index (χ4n) is 9.25. The molecule has 28 nitrogen and oxygen atoms in total. The molecule has 1 aromatic heterocycles. The van der Waals surface area contributed by atoms with E-state index in [4.69, 9.17) is 17.2 Å². The Morgan fingerprint density at radius 2 is 1.06 bits per heavy atom. The molecule has 0 saturated heterocycles. The van der Waals surface area contributed by atoms with E-state index in [-0.39, 0.29) is 88.0 Å². The molecule has 3 aromatic carbocycles. The molecule has 1 heterocycles. The van der Waals surface area contributed by atoms with Crippen molar-refractivity contribution in [3.63, 3.8) is 0 Å². The molecule has 0 aliphatic rings. The summed E-state index contributed by atoms with van der Waals surface area (Å²) in [4.78, 5) is 143. The molecular formula is C59H86N16O12. The first-order valence-corrected chi connectivity index (χ1v) is 28.7. The van der Waals surface area contributed by atoms with Crippen LogP contribution in [-0.2, 0) is 62.4 Å². The summed E-state index contributed by atoms with van der Waals surface area (Å²) in [6.45, 7) is 9.72. The lowest BCUT2D eigenvalue weighted by atomic mass is 10.00. The third-order valence-electron chi connectivity index (χ3n) is 13.7. The van der Waals surface area contributed by atoms with Crippen molar-refractivity contribution in [3.05, 3.63) is 102 Å². The van der Waals surface area contributed by atoms with Crippen molar-refractivity contribution in [2.45, 2.75) is 147 Å². The van der Waals surface area contributed by atoms with E-state index in [1.807, 2.05) is 24.3 Å². The summed E-state index contributed by atoms with van der Waals surface area (Å²) in [5.41, 5.74) is 24.6. The van der Waals surface area contributed by atoms with E-state index in [2.05, 4.69) is 68.7 Å². The number of nitrogens with one attached hydrogen (secondary N) is 12. The summed E-state index contributed by atoms with van der Waals surface area (Å²) in [7, 11) is 1.49. The number of urea groups is 1. The van der Waals surface area contributed by atoms with Crippen LogP contribution in [0.15, 0.2) is 90.1 Å². The number of phenols is 1. The zero-order valence-electron chi connectivity index (χ0n) is 50.2. The summed E-state index contributed by atoms with van der Waals surface area (Å²) < 4.78 is 0. The highest BCUT2D eigenvalue weighted by atomic mass is 16.3. The molecule has 4 aromatic rings. The van der Waals surface area contributed by atoms with E-state index in [1.54, 1.807) is 76.4 Å². The molecule has 474 valence electrons. The second-order valence-corrected chi connectivity index (χ2v) is 22.0. The summed E-state index contributed by atoms with van der Waals surface area (Å²) in [5, 5.41) is 45.1. The number of primary amides is 1. The predicted octanol–water partition coefficient (Wildman–Crippen LogP) is -1.36. The third-order valence-corrected chi connectivity index (χ3v) is 13.7. The topological polar surface area (TPSA) is 450 Å². The van der Waals surface area contributed by atoms with Gasteiger partial charge in [-0.1, -0.05) is 88.4 Å². The van der Waals surface area contributed by atoms with Gasteiger partial charge in [0.1, 0.15) is 54.1 Å². The fourth-order valence-corrected chi connectivity index (χ4v) is 9.25. The molecular weight excluding hydrogens is 1120 g/mol. The van der Waals surface area contributed by atoms with Gasteiger partial charge in [-0.2, -0.15) is 0 Å². The summed E-state index contributed by atoms with van der Waals surface area (Å²) in [5.74, 6) is -7.58. The first kappa shape index (κ1) is 70.2. The first-order valence-electron chi connectivity index (χ1n) is 28.7. The summed E-state index contributed by atoms with van der Waals surface area (Å²) >= 11 is 0. The van der Waals surface area contributed by atoms with Gasteiger partial charge in [-0.05, 0) is 92.3 Å². The summed E-state index contributed by atoms with van der Waals surface area (Å²) in [6, 6.07) is 9.96. The molecule has 0 saturated carbocycles. The van der Waals surface area contributed by atoms with E-state index in [1.165, 1.54) is 33.0 Å². The average Bonchev–Trinajstić information content (AvgIpc) is 2.87. The highest BCUT2D eigenvalue weighted by Crippen LogP contribution is 2.20. The van der Waals surface area contributed by atoms with Crippen molar-refractivity contribution in [2.75, 3.05) is 20.1 Å². The van der Waals surface area contributed by atoms with E-state index >= 15 is 0 Å². The van der Waals surface area contributed by atoms with Crippen LogP contribution in [0.5, 0.6) is 5.75 Å². The van der Waals surface area contributed by atoms with E-state index in [0.29, 0.717) is 16.7 Å². The number of rotatable bonds is 33. The molecule has 9 atom stereocenters. The number of benzene rings is 3. The van der Waals surface area contributed by atoms with E-state index in [9.17, 15) is 58.2 Å². The number of guanidine groups is 1. The Hall–Kier alpha value is -9.31. The number of aromatic nitrogens is 1. The highest BCUT2D eigenvalue weighted by Gasteiger charge is 2.36. The zero-order valence-corrected chi connectivity index (χ0v) is 50.2. The number of para-hydroxylation sites is 1. The number of aliphatic hydroxyl groups excluding tert-OH is 1. The molecule has 0 unspecified atom stereocenters. The Labute approximate surface area is 505 Å². The Kier molecular flexibility index (Phi) is 28.4. The van der Waals surface area contributed by atoms with Crippen LogP contribution in [0.25, 0.3) is 10.9 Å². The Morgan fingerprint density at radius 3 is 1.63 bits per heavy atom. The maximum Gasteiger partial charge on any atom is 0.334 e. The maximum absolute atomic E-state index is 14.1. The quantitative estimate of drug-likeness (QED) is 0.0113. The number of aliphatic hydroxyl groups is 1. The molecule has 0 spiro atoms. The van der Waals surface area contributed by atoms with E-state index in [0.717, 1.165) is 10.9 Å². The van der Waals surface area contributed by atoms with Gasteiger partial charge in [0.05, 0.1) is 6.10 Å². The molecule has 11 amide bonds. The van der Waals surface area contributed by atoms with Crippen molar-refractivity contribution in [1.29, 1.82) is 0 Å². The number of aliphatic imine (C=N–C) groups is 1. The van der Waals surface area contributed by atoms with Gasteiger partial charge in [0.2, 0.25) is 47.3 Å². The van der Waals surface area contributed by atoms with Gasteiger partial charge in [0.25, 0.3) is 5.91 Å². The van der Waals surface area contributed by atoms with Gasteiger partial charge in [0, 0.05) is 56.9 Å². The number of H-pyrrole nitrogens is 1. The van der Waals surface area contributed by atoms with Crippen molar-refractivity contribution >= 4 is 76.1 Å². The van der Waals surface area contributed by atoms with Crippen LogP contribution < -0.4 is 75.9 Å². The Morgan fingerprint density at radius 1 is 0.552 bits per heavy atom. The second-order valence-electron chi connectivity index (χ2n) is 22.0. The molecule has 0 aliphatic heterocycles. The van der Waals surface area contributed by atoms with Crippen molar-refractivity contribution in [3.8, 4) is 5.75 Å². The normalized spacial score (nSPS) is 14.5. The van der Waals surface area contributed by atoms with Gasteiger partial charge in [-0.25, -0.2) is 10.2 Å². The lowest BCUT2D eigenvalue weighted by Gasteiger charge is -2.28. The number of nitrogens with two attached hydrogens (primary N) is 3. The van der Waals surface area contributed by atoms with Crippen LogP contribution >= 0.6 is 0 Å². The molecule has 0 aliphatic carbocycles. The van der Waals surface area contributed by atoms with Crippen LogP contribution in [0.2, 0.25) is 0 Å². The van der Waals surface area contributed by atoms with Gasteiger partial charge >= 0.3 is 6.03 Å². The number of fused-ring (bicyclic) bond motifs is 1. The SMILES string of the molecule is CN=C(N)NCCC[C@H](NC(=O)[C@H](CC(C)C)NC(=O)NNC(=O)[C@H](Cc1ccccc1)NC(=O)[C@@H](NC(=O)[C@H](CCN)NC(=O)[C@H](CC(C)C)NC(=O)[C@@H](Cc1ccc(O)cc1)NC(C)=O)[C@@H](C)O)C(=O)N[C@@H](Cc1c[nH]c2ccccc12)C(N)=O. The lowest BCUT2D eigenvalue weighted by Crippen LogP contribution is -2.62. The Balaban J connectivity index is 1.48. The van der Waals surface area contributed by atoms with Crippen LogP contribution in [0.4, 0.5) is 4.79 Å². The van der Waals surface area contributed by atoms with Crippen molar-refractivity contribution in [2.24, 2.45) is 34.0 Å². The number of aromatic amines is 1. The van der Waals surface area contributed by atoms with Crippen molar-refractivity contribution in [1.82, 2.24) is 63.7 Å². The average molecular weight is 1210 g/mol. The van der Waals surface area contributed by atoms with E-state index < -0.39 is 114 Å². The number of carbonyl (C=O) groups is 10. The van der Waals surface area contributed by atoms with Gasteiger partial charge in [0.15, 0.2) is 5.96 Å². The fraction of sp³-hybridized carbons (Fsp3) is 0.475. The summed E-state index contributed by atoms with van der Waals surface area (Å²) in [6.07, 6.45) is 0.259. The number of amides is 11. The minimum Gasteiger partial charge on any atom is -0.508 e. The third kappa shape index (κ3) is 23.9. The molecule has 87 heavy (non-hydrogen) atoms. The lowest BCUT2D eigenvalue weighted by molar-refractivity contribution is -0.136. The van der Waals surface area contributed by atoms with Crippen LogP contribution in [-0.4, -0.2) is 155 Å². The number of hydrazine groups is 1. The maximum atomic E-state index is 14.1. The van der Waals surface area contributed by atoms with Gasteiger partial charge < -0.3 is 80.2 Å². The first-order chi connectivity index (χ1) is 41.3. The second kappa shape index (κ2) is 35.2. The molecule has 4 rings (SSSR count).